The lowest BCUT2D eigenvalue weighted by Crippen LogP contribution is -2.43. The van der Waals surface area contributed by atoms with Gasteiger partial charge in [0.05, 0.1) is 15.2 Å². The number of rotatable bonds is 5. The summed E-state index contributed by atoms with van der Waals surface area (Å²) in [6.07, 6.45) is 3.73. The Morgan fingerprint density at radius 1 is 1.43 bits per heavy atom. The fourth-order valence-corrected chi connectivity index (χ4v) is 4.18. The van der Waals surface area contributed by atoms with Crippen LogP contribution >= 0.6 is 11.3 Å². The van der Waals surface area contributed by atoms with E-state index in [1.165, 1.54) is 35.6 Å². The molecule has 1 fully saturated rings. The summed E-state index contributed by atoms with van der Waals surface area (Å²) < 4.78 is 1.30. The van der Waals surface area contributed by atoms with E-state index in [1.54, 1.807) is 0 Å². The summed E-state index contributed by atoms with van der Waals surface area (Å²) in [6, 6.07) is 9.01. The van der Waals surface area contributed by atoms with Crippen molar-refractivity contribution in [2.24, 2.45) is 5.92 Å². The van der Waals surface area contributed by atoms with Gasteiger partial charge < -0.3 is 10.2 Å². The lowest BCUT2D eigenvalue weighted by Gasteiger charge is -2.34. The molecule has 0 radical (unpaired) electrons. The van der Waals surface area contributed by atoms with E-state index in [0.717, 1.165) is 24.4 Å². The minimum absolute atomic E-state index is 0.599. The Balaban J connectivity index is 1.49. The van der Waals surface area contributed by atoms with Crippen molar-refractivity contribution in [2.45, 2.75) is 32.2 Å². The minimum Gasteiger partial charge on any atom is -0.314 e. The van der Waals surface area contributed by atoms with Crippen LogP contribution in [0.15, 0.2) is 24.3 Å². The molecule has 114 valence electrons. The molecule has 1 aliphatic rings. The van der Waals surface area contributed by atoms with Gasteiger partial charge in [-0.3, -0.25) is 0 Å². The van der Waals surface area contributed by atoms with E-state index in [-0.39, 0.29) is 0 Å². The van der Waals surface area contributed by atoms with Gasteiger partial charge in [-0.05, 0) is 51.4 Å². The first kappa shape index (κ1) is 14.9. The highest BCUT2D eigenvalue weighted by atomic mass is 32.1. The predicted molar refractivity (Wildman–Crippen MR) is 91.0 cm³/mol. The normalized spacial score (nSPS) is 21.7. The Labute approximate surface area is 131 Å². The number of nitrogens with one attached hydrogen (secondary N) is 1. The second-order valence-electron chi connectivity index (χ2n) is 6.23. The van der Waals surface area contributed by atoms with Gasteiger partial charge in [0.15, 0.2) is 0 Å². The minimum atomic E-state index is 0.599. The third kappa shape index (κ3) is 3.82. The summed E-state index contributed by atoms with van der Waals surface area (Å²) >= 11 is 1.83. The van der Waals surface area contributed by atoms with Crippen LogP contribution in [0.1, 0.15) is 24.8 Å². The topological polar surface area (TPSA) is 28.2 Å². The van der Waals surface area contributed by atoms with Gasteiger partial charge in [-0.1, -0.05) is 12.1 Å². The third-order valence-electron chi connectivity index (χ3n) is 4.51. The standard InChI is InChI=1S/C17H25N3S/c1-13(14-6-5-11-20(2)12-14)18-10-9-17-19-15-7-3-4-8-16(15)21-17/h3-4,7-8,13-14,18H,5-6,9-12H2,1-2H3. The molecule has 2 heterocycles. The Morgan fingerprint density at radius 3 is 3.10 bits per heavy atom. The molecule has 21 heavy (non-hydrogen) atoms. The quantitative estimate of drug-likeness (QED) is 0.919. The van der Waals surface area contributed by atoms with Crippen LogP contribution in [0.5, 0.6) is 0 Å². The first-order valence-electron chi connectivity index (χ1n) is 7.99. The number of hydrogen-bond donors (Lipinski definition) is 1. The Hall–Kier alpha value is -0.970. The predicted octanol–water partition coefficient (Wildman–Crippen LogP) is 3.16. The zero-order valence-corrected chi connectivity index (χ0v) is 13.8. The SMILES string of the molecule is CC(NCCc1nc2ccccc2s1)C1CCCN(C)C1. The number of nitrogens with zero attached hydrogens (tertiary/aromatic N) is 2. The van der Waals surface area contributed by atoms with Gasteiger partial charge in [-0.25, -0.2) is 4.98 Å². The molecule has 0 saturated carbocycles. The average molecular weight is 303 g/mol. The summed E-state index contributed by atoms with van der Waals surface area (Å²) in [5, 5.41) is 4.95. The highest BCUT2D eigenvalue weighted by Gasteiger charge is 2.22. The molecule has 2 aromatic rings. The second kappa shape index (κ2) is 6.86. The number of benzene rings is 1. The Morgan fingerprint density at radius 2 is 2.29 bits per heavy atom. The average Bonchev–Trinajstić information content (AvgIpc) is 2.89. The van der Waals surface area contributed by atoms with Crippen molar-refractivity contribution in [3.63, 3.8) is 0 Å². The van der Waals surface area contributed by atoms with Gasteiger partial charge in [-0.15, -0.1) is 11.3 Å². The van der Waals surface area contributed by atoms with Gasteiger partial charge in [-0.2, -0.15) is 0 Å². The van der Waals surface area contributed by atoms with Crippen LogP contribution in [-0.4, -0.2) is 42.6 Å². The molecule has 2 unspecified atom stereocenters. The number of aromatic nitrogens is 1. The molecule has 0 amide bonds. The summed E-state index contributed by atoms with van der Waals surface area (Å²) in [5.41, 5.74) is 1.14. The van der Waals surface area contributed by atoms with Gasteiger partial charge in [0.1, 0.15) is 0 Å². The number of thiazole rings is 1. The van der Waals surface area contributed by atoms with E-state index >= 15 is 0 Å². The molecule has 2 atom stereocenters. The van der Waals surface area contributed by atoms with Crippen LogP contribution in [-0.2, 0) is 6.42 Å². The number of para-hydroxylation sites is 1. The monoisotopic (exact) mass is 303 g/mol. The molecular weight excluding hydrogens is 278 g/mol. The maximum absolute atomic E-state index is 4.70. The van der Waals surface area contributed by atoms with E-state index in [1.807, 2.05) is 11.3 Å². The zero-order valence-electron chi connectivity index (χ0n) is 13.0. The van der Waals surface area contributed by atoms with Gasteiger partial charge in [0, 0.05) is 25.6 Å². The van der Waals surface area contributed by atoms with Gasteiger partial charge in [0.25, 0.3) is 0 Å². The molecule has 3 rings (SSSR count). The van der Waals surface area contributed by atoms with Crippen LogP contribution in [0, 0.1) is 5.92 Å². The molecule has 3 nitrogen and oxygen atoms in total. The number of piperidine rings is 1. The van der Waals surface area contributed by atoms with E-state index in [2.05, 4.69) is 48.5 Å². The first-order chi connectivity index (χ1) is 10.2. The lowest BCUT2D eigenvalue weighted by molar-refractivity contribution is 0.179. The molecule has 1 saturated heterocycles. The summed E-state index contributed by atoms with van der Waals surface area (Å²) in [4.78, 5) is 7.16. The zero-order chi connectivity index (χ0) is 14.7. The van der Waals surface area contributed by atoms with Crippen molar-refractivity contribution < 1.29 is 0 Å². The van der Waals surface area contributed by atoms with Gasteiger partial charge in [0.2, 0.25) is 0 Å². The molecule has 4 heteroatoms. The molecule has 1 aromatic heterocycles. The van der Waals surface area contributed by atoms with E-state index in [4.69, 9.17) is 4.98 Å². The molecule has 0 bridgehead atoms. The lowest BCUT2D eigenvalue weighted by atomic mass is 9.92. The second-order valence-corrected chi connectivity index (χ2v) is 7.35. The van der Waals surface area contributed by atoms with E-state index in [9.17, 15) is 0 Å². The van der Waals surface area contributed by atoms with Crippen LogP contribution in [0.4, 0.5) is 0 Å². The number of likely N-dealkylation sites (tertiary alicyclic amines) is 1. The van der Waals surface area contributed by atoms with Crippen LogP contribution in [0.2, 0.25) is 0 Å². The smallest absolute Gasteiger partial charge is 0.0951 e. The third-order valence-corrected chi connectivity index (χ3v) is 5.61. The largest absolute Gasteiger partial charge is 0.314 e. The number of fused-ring (bicyclic) bond motifs is 1. The molecule has 0 aliphatic carbocycles. The maximum Gasteiger partial charge on any atom is 0.0951 e. The fourth-order valence-electron chi connectivity index (χ4n) is 3.21. The highest BCUT2D eigenvalue weighted by Crippen LogP contribution is 2.22. The van der Waals surface area contributed by atoms with Crippen LogP contribution < -0.4 is 5.32 Å². The summed E-state index contributed by atoms with van der Waals surface area (Å²) in [6.45, 7) is 5.85. The number of hydrogen-bond acceptors (Lipinski definition) is 4. The van der Waals surface area contributed by atoms with E-state index < -0.39 is 0 Å². The van der Waals surface area contributed by atoms with Crippen LogP contribution in [0.25, 0.3) is 10.2 Å². The van der Waals surface area contributed by atoms with Gasteiger partial charge >= 0.3 is 0 Å². The van der Waals surface area contributed by atoms with E-state index in [0.29, 0.717) is 6.04 Å². The van der Waals surface area contributed by atoms with Crippen molar-refractivity contribution in [2.75, 3.05) is 26.7 Å². The molecule has 1 aromatic carbocycles. The highest BCUT2D eigenvalue weighted by molar-refractivity contribution is 7.18. The molecule has 1 N–H and O–H groups in total. The first-order valence-corrected chi connectivity index (χ1v) is 8.80. The summed E-state index contributed by atoms with van der Waals surface area (Å²) in [7, 11) is 2.24. The van der Waals surface area contributed by atoms with Crippen molar-refractivity contribution >= 4 is 21.6 Å². The molecule has 1 aliphatic heterocycles. The summed E-state index contributed by atoms with van der Waals surface area (Å²) in [5.74, 6) is 0.791. The molecular formula is C17H25N3S. The Bertz CT molecular complexity index is 547. The maximum atomic E-state index is 4.70. The fraction of sp³-hybridized carbons (Fsp3) is 0.588. The molecule has 0 spiro atoms. The van der Waals surface area contributed by atoms with Crippen molar-refractivity contribution in [3.8, 4) is 0 Å². The van der Waals surface area contributed by atoms with Crippen molar-refractivity contribution in [1.82, 2.24) is 15.2 Å². The van der Waals surface area contributed by atoms with Crippen molar-refractivity contribution in [1.29, 1.82) is 0 Å². The van der Waals surface area contributed by atoms with Crippen LogP contribution in [0.3, 0.4) is 0 Å². The Kier molecular flexibility index (Phi) is 4.88. The van der Waals surface area contributed by atoms with Crippen molar-refractivity contribution in [3.05, 3.63) is 29.3 Å².